The van der Waals surface area contributed by atoms with Gasteiger partial charge in [-0.05, 0) is 98.2 Å². The van der Waals surface area contributed by atoms with E-state index in [0.717, 1.165) is 34.3 Å². The third kappa shape index (κ3) is 4.68. The van der Waals surface area contributed by atoms with Crippen LogP contribution >= 0.6 is 11.6 Å². The van der Waals surface area contributed by atoms with Crippen molar-refractivity contribution in [1.82, 2.24) is 14.5 Å². The lowest BCUT2D eigenvalue weighted by Gasteiger charge is -2.29. The summed E-state index contributed by atoms with van der Waals surface area (Å²) in [6, 6.07) is 19.4. The SMILES string of the molecule is COc1ccc(CNc2nc3cc(CC(C)[C@@]45C[C@@H]4[C@@H](n4ccc6cccnc64)[C@@H]4OC(C)(C)O[C@@H]45)cc(F)c3cc2Cl)cc1. The molecule has 0 spiro atoms. The number of hydrogen-bond acceptors (Lipinski definition) is 6. The van der Waals surface area contributed by atoms with E-state index in [-0.39, 0.29) is 35.4 Å². The Morgan fingerprint density at radius 1 is 1.11 bits per heavy atom. The molecule has 1 unspecified atom stereocenters. The van der Waals surface area contributed by atoms with Crippen molar-refractivity contribution in [2.24, 2.45) is 17.3 Å². The lowest BCUT2D eigenvalue weighted by atomic mass is 9.81. The molecule has 4 heterocycles. The molecule has 3 aromatic heterocycles. The molecular formula is C36H36ClFN4O3. The highest BCUT2D eigenvalue weighted by Gasteiger charge is 2.77. The average Bonchev–Trinajstić information content (AvgIpc) is 3.34. The van der Waals surface area contributed by atoms with E-state index in [1.165, 1.54) is 0 Å². The number of nitrogens with zero attached hydrogens (tertiary/aromatic N) is 3. The minimum atomic E-state index is -0.669. The van der Waals surface area contributed by atoms with Crippen molar-refractivity contribution in [3.05, 3.63) is 95.0 Å². The van der Waals surface area contributed by atoms with Crippen LogP contribution in [0.1, 0.15) is 44.4 Å². The molecule has 3 aliphatic rings. The Kier molecular flexibility index (Phi) is 6.64. The molecule has 7 nitrogen and oxygen atoms in total. The number of ether oxygens (including phenoxy) is 3. The molecular weight excluding hydrogens is 591 g/mol. The van der Waals surface area contributed by atoms with Gasteiger partial charge in [-0.25, -0.2) is 14.4 Å². The Balaban J connectivity index is 1.07. The lowest BCUT2D eigenvalue weighted by Crippen LogP contribution is -2.35. The van der Waals surface area contributed by atoms with Crippen LogP contribution in [-0.2, 0) is 22.4 Å². The summed E-state index contributed by atoms with van der Waals surface area (Å²) in [4.78, 5) is 9.47. The molecule has 9 heteroatoms. The van der Waals surface area contributed by atoms with Gasteiger partial charge in [-0.2, -0.15) is 0 Å². The van der Waals surface area contributed by atoms with Crippen molar-refractivity contribution < 1.29 is 18.6 Å². The Morgan fingerprint density at radius 2 is 1.93 bits per heavy atom. The summed E-state index contributed by atoms with van der Waals surface area (Å²) in [5, 5.41) is 5.23. The first-order valence-corrected chi connectivity index (χ1v) is 16.0. The van der Waals surface area contributed by atoms with Gasteiger partial charge >= 0.3 is 0 Å². The van der Waals surface area contributed by atoms with E-state index in [9.17, 15) is 0 Å². The molecule has 0 amide bonds. The van der Waals surface area contributed by atoms with E-state index < -0.39 is 5.79 Å². The summed E-state index contributed by atoms with van der Waals surface area (Å²) in [5.74, 6) is 0.945. The molecule has 5 aromatic rings. The summed E-state index contributed by atoms with van der Waals surface area (Å²) in [5.41, 5.74) is 3.45. The van der Waals surface area contributed by atoms with Crippen molar-refractivity contribution >= 4 is 39.4 Å². The van der Waals surface area contributed by atoms with Gasteiger partial charge in [0.15, 0.2) is 5.79 Å². The molecule has 232 valence electrons. The fraction of sp³-hybridized carbons (Fsp3) is 0.389. The number of anilines is 1. The van der Waals surface area contributed by atoms with Gasteiger partial charge in [0, 0.05) is 35.1 Å². The zero-order chi connectivity index (χ0) is 31.1. The molecule has 6 atom stereocenters. The predicted octanol–water partition coefficient (Wildman–Crippen LogP) is 7.96. The maximum Gasteiger partial charge on any atom is 0.163 e. The maximum atomic E-state index is 15.5. The molecule has 8 rings (SSSR count). The summed E-state index contributed by atoms with van der Waals surface area (Å²) < 4.78 is 36.3. The van der Waals surface area contributed by atoms with E-state index in [4.69, 9.17) is 35.8 Å². The smallest absolute Gasteiger partial charge is 0.163 e. The fourth-order valence-corrected chi connectivity index (χ4v) is 8.39. The van der Waals surface area contributed by atoms with Crippen LogP contribution in [0.4, 0.5) is 10.2 Å². The Morgan fingerprint density at radius 3 is 2.73 bits per heavy atom. The van der Waals surface area contributed by atoms with Gasteiger partial charge in [0.1, 0.15) is 29.1 Å². The normalized spacial score (nSPS) is 27.0. The van der Waals surface area contributed by atoms with Gasteiger partial charge in [-0.15, -0.1) is 0 Å². The molecule has 1 saturated heterocycles. The predicted molar refractivity (Wildman–Crippen MR) is 173 cm³/mol. The lowest BCUT2D eigenvalue weighted by molar-refractivity contribution is -0.163. The standard InChI is InChI=1S/C36H36ClFN4O3/c1-20(36-18-26(36)30(31-32(36)45-35(2,3)44-31)42-13-11-23-6-5-12-39-34(23)42)14-22-15-28(38)25-17-27(37)33(41-29(25)16-22)40-19-21-7-9-24(43-4)10-8-21/h5-13,15-17,20,26,30-32H,14,18-19H2,1-4H3,(H,40,41)/t20?,26-,30-,31+,32+,36+/m1/s1. The quantitative estimate of drug-likeness (QED) is 0.188. The van der Waals surface area contributed by atoms with Crippen molar-refractivity contribution in [3.8, 4) is 5.75 Å². The molecule has 0 radical (unpaired) electrons. The fourth-order valence-electron chi connectivity index (χ4n) is 8.17. The van der Waals surface area contributed by atoms with E-state index >= 15 is 4.39 Å². The topological polar surface area (TPSA) is 70.4 Å². The zero-order valence-corrected chi connectivity index (χ0v) is 26.5. The minimum Gasteiger partial charge on any atom is -0.497 e. The third-order valence-electron chi connectivity index (χ3n) is 10.3. The van der Waals surface area contributed by atoms with Crippen LogP contribution < -0.4 is 10.1 Å². The molecule has 2 aromatic carbocycles. The molecule has 1 N–H and O–H groups in total. The Labute approximate surface area is 266 Å². The van der Waals surface area contributed by atoms with Gasteiger partial charge in [-0.1, -0.05) is 30.7 Å². The number of aromatic nitrogens is 3. The van der Waals surface area contributed by atoms with Crippen LogP contribution in [0.2, 0.25) is 5.02 Å². The first kappa shape index (κ1) is 28.7. The average molecular weight is 627 g/mol. The second-order valence-corrected chi connectivity index (χ2v) is 13.8. The van der Waals surface area contributed by atoms with E-state index in [2.05, 4.69) is 35.1 Å². The number of benzene rings is 2. The summed E-state index contributed by atoms with van der Waals surface area (Å²) in [6.45, 7) is 6.80. The molecule has 2 saturated carbocycles. The number of hydrogen-bond donors (Lipinski definition) is 1. The van der Waals surface area contributed by atoms with Gasteiger partial charge in [0.25, 0.3) is 0 Å². The van der Waals surface area contributed by atoms with Crippen molar-refractivity contribution in [1.29, 1.82) is 0 Å². The van der Waals surface area contributed by atoms with Gasteiger partial charge in [-0.3, -0.25) is 0 Å². The maximum absolute atomic E-state index is 15.5. The number of rotatable bonds is 8. The minimum absolute atomic E-state index is 0.0466. The van der Waals surface area contributed by atoms with Crippen LogP contribution in [0, 0.1) is 23.1 Å². The van der Waals surface area contributed by atoms with E-state index in [1.807, 2.05) is 56.4 Å². The second kappa shape index (κ2) is 10.4. The van der Waals surface area contributed by atoms with E-state index in [0.29, 0.717) is 40.6 Å². The highest BCUT2D eigenvalue weighted by Crippen LogP contribution is 2.74. The van der Waals surface area contributed by atoms with Crippen LogP contribution in [0.25, 0.3) is 21.9 Å². The van der Waals surface area contributed by atoms with Crippen molar-refractivity contribution in [2.75, 3.05) is 12.4 Å². The molecule has 0 bridgehead atoms. The van der Waals surface area contributed by atoms with Crippen LogP contribution in [0.15, 0.2) is 73.1 Å². The van der Waals surface area contributed by atoms with E-state index in [1.54, 1.807) is 19.2 Å². The van der Waals surface area contributed by atoms with Gasteiger partial charge in [0.05, 0.1) is 29.8 Å². The molecule has 1 aliphatic heterocycles. The highest BCUT2D eigenvalue weighted by molar-refractivity contribution is 6.33. The zero-order valence-electron chi connectivity index (χ0n) is 25.8. The number of nitrogens with one attached hydrogen (secondary N) is 1. The first-order chi connectivity index (χ1) is 21.7. The third-order valence-corrected chi connectivity index (χ3v) is 10.6. The van der Waals surface area contributed by atoms with Crippen molar-refractivity contribution in [2.45, 2.75) is 64.2 Å². The summed E-state index contributed by atoms with van der Waals surface area (Å²) >= 11 is 6.55. The monoisotopic (exact) mass is 626 g/mol. The number of halogens is 2. The number of pyridine rings is 2. The molecule has 45 heavy (non-hydrogen) atoms. The van der Waals surface area contributed by atoms with Crippen LogP contribution in [0.5, 0.6) is 5.75 Å². The number of fused-ring (bicyclic) bond motifs is 5. The van der Waals surface area contributed by atoms with Crippen LogP contribution in [-0.4, -0.2) is 39.6 Å². The summed E-state index contributed by atoms with van der Waals surface area (Å²) in [7, 11) is 1.64. The highest BCUT2D eigenvalue weighted by atomic mass is 35.5. The Bertz CT molecular complexity index is 1930. The van der Waals surface area contributed by atoms with Gasteiger partial charge < -0.3 is 24.1 Å². The summed E-state index contributed by atoms with van der Waals surface area (Å²) in [6.07, 6.45) is 5.61. The Hall–Kier alpha value is -3.72. The van der Waals surface area contributed by atoms with Gasteiger partial charge in [0.2, 0.25) is 0 Å². The van der Waals surface area contributed by atoms with Crippen LogP contribution in [0.3, 0.4) is 0 Å². The number of methoxy groups -OCH3 is 1. The molecule has 2 aliphatic carbocycles. The first-order valence-electron chi connectivity index (χ1n) is 15.6. The molecule has 3 fully saturated rings. The van der Waals surface area contributed by atoms with Crippen molar-refractivity contribution in [3.63, 3.8) is 0 Å². The largest absolute Gasteiger partial charge is 0.497 e. The second-order valence-electron chi connectivity index (χ2n) is 13.3.